The first-order valence-corrected chi connectivity index (χ1v) is 13.5. The molecule has 0 aliphatic carbocycles. The molecule has 10 heteroatoms. The first-order valence-electron chi connectivity index (χ1n) is 13.5. The van der Waals surface area contributed by atoms with Gasteiger partial charge >= 0.3 is 0 Å². The van der Waals surface area contributed by atoms with Crippen molar-refractivity contribution in [1.29, 1.82) is 0 Å². The number of hydrogen-bond acceptors (Lipinski definition) is 5. The number of hydrogen-bond donors (Lipinski definition) is 1. The number of rotatable bonds is 8. The van der Waals surface area contributed by atoms with Gasteiger partial charge in [0.15, 0.2) is 17.7 Å². The molecule has 3 aromatic carbocycles. The minimum Gasteiger partial charge on any atom is -0.483 e. The van der Waals surface area contributed by atoms with Crippen LogP contribution in [-0.4, -0.2) is 40.2 Å². The number of nitrogens with zero attached hydrogens (tertiary/aromatic N) is 2. The lowest BCUT2D eigenvalue weighted by molar-refractivity contribution is 0.00554. The standard InChI is InChI=1S/C32H27F2N3O5/c33-23-12-11-22(26(34)14-23)15-35-31(39)25-16-36-17-27-37(24(19-41-27)13-20-7-3-1-4-8-20)32(40)28(36)30(29(25)38)42-18-21-9-5-2-6-10-21/h1-12,14,16,24,27H,13,15,17-19H2,(H,35,39)/t24-,27+/m0/s1. The Morgan fingerprint density at radius 1 is 0.976 bits per heavy atom. The third kappa shape index (κ3) is 5.40. The molecule has 0 bridgehead atoms. The van der Waals surface area contributed by atoms with E-state index < -0.39 is 35.1 Å². The van der Waals surface area contributed by atoms with Crippen LogP contribution in [0.3, 0.4) is 0 Å². The number of halogens is 2. The first kappa shape index (κ1) is 27.3. The van der Waals surface area contributed by atoms with Crippen molar-refractivity contribution in [2.45, 2.75) is 38.4 Å². The molecule has 1 fully saturated rings. The third-order valence-electron chi connectivity index (χ3n) is 7.45. The van der Waals surface area contributed by atoms with E-state index in [1.165, 1.54) is 16.8 Å². The van der Waals surface area contributed by atoms with Crippen LogP contribution in [0.1, 0.15) is 37.5 Å². The van der Waals surface area contributed by atoms with Gasteiger partial charge in [-0.15, -0.1) is 0 Å². The number of benzene rings is 3. The number of nitrogens with one attached hydrogen (secondary N) is 1. The number of carbonyl (C=O) groups excluding carboxylic acids is 2. The minimum atomic E-state index is -0.821. The number of ether oxygens (including phenoxy) is 2. The molecule has 1 aromatic heterocycles. The molecule has 0 spiro atoms. The van der Waals surface area contributed by atoms with Crippen LogP contribution in [0, 0.1) is 11.6 Å². The summed E-state index contributed by atoms with van der Waals surface area (Å²) in [6, 6.07) is 21.7. The van der Waals surface area contributed by atoms with Crippen LogP contribution in [0.25, 0.3) is 0 Å². The Bertz CT molecular complexity index is 1690. The molecule has 6 rings (SSSR count). The average Bonchev–Trinajstić information content (AvgIpc) is 3.39. The van der Waals surface area contributed by atoms with Crippen molar-refractivity contribution in [2.75, 3.05) is 6.61 Å². The fourth-order valence-corrected chi connectivity index (χ4v) is 5.35. The van der Waals surface area contributed by atoms with Crippen LogP contribution in [0.5, 0.6) is 5.75 Å². The summed E-state index contributed by atoms with van der Waals surface area (Å²) in [7, 11) is 0. The first-order chi connectivity index (χ1) is 20.4. The van der Waals surface area contributed by atoms with E-state index in [0.29, 0.717) is 13.0 Å². The summed E-state index contributed by atoms with van der Waals surface area (Å²) in [6.45, 7) is 0.226. The third-order valence-corrected chi connectivity index (χ3v) is 7.45. The molecule has 0 unspecified atom stereocenters. The Labute approximate surface area is 240 Å². The minimum absolute atomic E-state index is 0.00437. The maximum Gasteiger partial charge on any atom is 0.276 e. The monoisotopic (exact) mass is 571 g/mol. The van der Waals surface area contributed by atoms with Gasteiger partial charge in [-0.3, -0.25) is 14.4 Å². The van der Waals surface area contributed by atoms with E-state index in [9.17, 15) is 23.2 Å². The fraction of sp³-hybridized carbons (Fsp3) is 0.219. The van der Waals surface area contributed by atoms with E-state index in [2.05, 4.69) is 5.32 Å². The van der Waals surface area contributed by atoms with Gasteiger partial charge in [0.05, 0.1) is 19.2 Å². The van der Waals surface area contributed by atoms with E-state index in [1.54, 1.807) is 4.90 Å². The van der Waals surface area contributed by atoms with E-state index in [-0.39, 0.29) is 48.3 Å². The Hall–Kier alpha value is -4.83. The van der Waals surface area contributed by atoms with Gasteiger partial charge in [0, 0.05) is 24.4 Å². The number of amides is 2. The predicted octanol–water partition coefficient (Wildman–Crippen LogP) is 4.06. The lowest BCUT2D eigenvalue weighted by atomic mass is 10.0. The van der Waals surface area contributed by atoms with Gasteiger partial charge in [-0.05, 0) is 23.6 Å². The van der Waals surface area contributed by atoms with E-state index in [4.69, 9.17) is 9.47 Å². The van der Waals surface area contributed by atoms with Gasteiger partial charge in [0.2, 0.25) is 5.43 Å². The summed E-state index contributed by atoms with van der Waals surface area (Å²) in [6.07, 6.45) is 1.30. The molecule has 214 valence electrons. The topological polar surface area (TPSA) is 89.9 Å². The fourth-order valence-electron chi connectivity index (χ4n) is 5.35. The van der Waals surface area contributed by atoms with Crippen LogP contribution >= 0.6 is 0 Å². The summed E-state index contributed by atoms with van der Waals surface area (Å²) < 4.78 is 40.9. The predicted molar refractivity (Wildman–Crippen MR) is 149 cm³/mol. The zero-order valence-corrected chi connectivity index (χ0v) is 22.5. The van der Waals surface area contributed by atoms with Crippen LogP contribution in [0.2, 0.25) is 0 Å². The number of aromatic nitrogens is 1. The zero-order chi connectivity index (χ0) is 29.2. The van der Waals surface area contributed by atoms with E-state index in [1.807, 2.05) is 60.7 Å². The van der Waals surface area contributed by atoms with E-state index in [0.717, 1.165) is 23.3 Å². The average molecular weight is 572 g/mol. The number of pyridine rings is 1. The van der Waals surface area contributed by atoms with Crippen LogP contribution in [0.4, 0.5) is 8.78 Å². The van der Waals surface area contributed by atoms with Crippen molar-refractivity contribution in [3.05, 3.63) is 135 Å². The molecule has 1 saturated heterocycles. The summed E-state index contributed by atoms with van der Waals surface area (Å²) >= 11 is 0. The molecule has 2 amide bonds. The van der Waals surface area contributed by atoms with Gasteiger partial charge in [0.1, 0.15) is 23.8 Å². The molecule has 4 aromatic rings. The van der Waals surface area contributed by atoms with Crippen molar-refractivity contribution < 1.29 is 27.8 Å². The Morgan fingerprint density at radius 2 is 1.69 bits per heavy atom. The largest absolute Gasteiger partial charge is 0.483 e. The molecule has 3 heterocycles. The maximum absolute atomic E-state index is 14.1. The summed E-state index contributed by atoms with van der Waals surface area (Å²) in [5.41, 5.74) is 0.873. The smallest absolute Gasteiger partial charge is 0.276 e. The second kappa shape index (κ2) is 11.6. The summed E-state index contributed by atoms with van der Waals surface area (Å²) in [4.78, 5) is 42.5. The van der Waals surface area contributed by atoms with Gasteiger partial charge in [-0.2, -0.15) is 0 Å². The van der Waals surface area contributed by atoms with Crippen LogP contribution in [-0.2, 0) is 30.9 Å². The highest BCUT2D eigenvalue weighted by Crippen LogP contribution is 2.32. The molecular weight excluding hydrogens is 544 g/mol. The Balaban J connectivity index is 1.33. The Kier molecular flexibility index (Phi) is 7.54. The van der Waals surface area contributed by atoms with Crippen molar-refractivity contribution in [3.8, 4) is 5.75 Å². The van der Waals surface area contributed by atoms with Gasteiger partial charge < -0.3 is 24.3 Å². The highest BCUT2D eigenvalue weighted by molar-refractivity contribution is 5.99. The maximum atomic E-state index is 14.1. The number of fused-ring (bicyclic) bond motifs is 2. The number of carbonyl (C=O) groups is 2. The summed E-state index contributed by atoms with van der Waals surface area (Å²) in [5.74, 6) is -3.01. The summed E-state index contributed by atoms with van der Waals surface area (Å²) in [5, 5.41) is 2.52. The molecule has 2 aliphatic heterocycles. The molecule has 2 aliphatic rings. The highest BCUT2D eigenvalue weighted by atomic mass is 19.1. The normalized spacial score (nSPS) is 17.5. The van der Waals surface area contributed by atoms with E-state index >= 15 is 0 Å². The zero-order valence-electron chi connectivity index (χ0n) is 22.5. The Morgan fingerprint density at radius 3 is 2.40 bits per heavy atom. The second-order valence-electron chi connectivity index (χ2n) is 10.2. The highest BCUT2D eigenvalue weighted by Gasteiger charge is 2.44. The molecule has 2 atom stereocenters. The molecular formula is C32H27F2N3O5. The van der Waals surface area contributed by atoms with Gasteiger partial charge in [-0.1, -0.05) is 66.7 Å². The molecule has 8 nitrogen and oxygen atoms in total. The second-order valence-corrected chi connectivity index (χ2v) is 10.2. The molecule has 42 heavy (non-hydrogen) atoms. The SMILES string of the molecule is O=C(NCc1ccc(F)cc1F)c1cn2c(c(OCc3ccccc3)c1=O)C(=O)N1[C@@H](Cc3ccccc3)CO[C@@H]1C2. The molecule has 0 saturated carbocycles. The lowest BCUT2D eigenvalue weighted by Gasteiger charge is -2.35. The quantitative estimate of drug-likeness (QED) is 0.345. The van der Waals surface area contributed by atoms with Crippen LogP contribution in [0.15, 0.2) is 89.9 Å². The van der Waals surface area contributed by atoms with Crippen molar-refractivity contribution in [3.63, 3.8) is 0 Å². The molecule has 1 N–H and O–H groups in total. The van der Waals surface area contributed by atoms with Crippen LogP contribution < -0.4 is 15.5 Å². The van der Waals surface area contributed by atoms with Crippen molar-refractivity contribution in [2.24, 2.45) is 0 Å². The van der Waals surface area contributed by atoms with Gasteiger partial charge in [0.25, 0.3) is 11.8 Å². The lowest BCUT2D eigenvalue weighted by Crippen LogP contribution is -2.50. The van der Waals surface area contributed by atoms with Crippen molar-refractivity contribution in [1.82, 2.24) is 14.8 Å². The van der Waals surface area contributed by atoms with Gasteiger partial charge in [-0.25, -0.2) is 8.78 Å². The van der Waals surface area contributed by atoms with Crippen molar-refractivity contribution >= 4 is 11.8 Å². The molecule has 0 radical (unpaired) electrons.